The van der Waals surface area contributed by atoms with Crippen molar-refractivity contribution >= 4 is 11.8 Å². The SMILES string of the molecule is N#Cc1cncc2c1SCC2OCc1ccccc1. The van der Waals surface area contributed by atoms with Gasteiger partial charge in [0, 0.05) is 28.6 Å². The van der Waals surface area contributed by atoms with Crippen LogP contribution in [0.15, 0.2) is 47.6 Å². The number of aromatic nitrogens is 1. The second kappa shape index (κ2) is 5.43. The lowest BCUT2D eigenvalue weighted by Crippen LogP contribution is -2.04. The monoisotopic (exact) mass is 268 g/mol. The van der Waals surface area contributed by atoms with Crippen molar-refractivity contribution in [2.24, 2.45) is 0 Å². The molecule has 1 unspecified atom stereocenters. The molecule has 0 aliphatic carbocycles. The van der Waals surface area contributed by atoms with Gasteiger partial charge in [-0.15, -0.1) is 11.8 Å². The zero-order valence-corrected chi connectivity index (χ0v) is 11.1. The minimum atomic E-state index is 0.0287. The van der Waals surface area contributed by atoms with Gasteiger partial charge in [-0.2, -0.15) is 5.26 Å². The van der Waals surface area contributed by atoms with Gasteiger partial charge in [-0.1, -0.05) is 30.3 Å². The van der Waals surface area contributed by atoms with Crippen molar-refractivity contribution in [3.63, 3.8) is 0 Å². The van der Waals surface area contributed by atoms with Crippen molar-refractivity contribution in [3.8, 4) is 6.07 Å². The van der Waals surface area contributed by atoms with E-state index in [4.69, 9.17) is 10.00 Å². The number of thioether (sulfide) groups is 1. The van der Waals surface area contributed by atoms with Crippen molar-refractivity contribution in [1.29, 1.82) is 5.26 Å². The van der Waals surface area contributed by atoms with E-state index >= 15 is 0 Å². The third-order valence-electron chi connectivity index (χ3n) is 3.06. The van der Waals surface area contributed by atoms with E-state index in [-0.39, 0.29) is 6.10 Å². The zero-order valence-electron chi connectivity index (χ0n) is 10.2. The van der Waals surface area contributed by atoms with E-state index in [2.05, 4.69) is 11.1 Å². The van der Waals surface area contributed by atoms with Gasteiger partial charge in [0.2, 0.25) is 0 Å². The van der Waals surface area contributed by atoms with Gasteiger partial charge in [-0.25, -0.2) is 0 Å². The molecule has 1 aliphatic rings. The first kappa shape index (κ1) is 12.2. The summed E-state index contributed by atoms with van der Waals surface area (Å²) < 4.78 is 5.94. The van der Waals surface area contributed by atoms with Crippen LogP contribution in [0, 0.1) is 11.3 Å². The molecule has 1 aromatic heterocycles. The van der Waals surface area contributed by atoms with E-state index in [1.54, 1.807) is 18.0 Å². The topological polar surface area (TPSA) is 45.9 Å². The molecule has 0 saturated heterocycles. The van der Waals surface area contributed by atoms with Gasteiger partial charge in [0.05, 0.1) is 18.3 Å². The standard InChI is InChI=1S/C15H12N2OS/c16-6-12-7-17-8-13-14(10-19-15(12)13)18-9-11-4-2-1-3-5-11/h1-5,7-8,14H,9-10H2. The molecule has 1 aromatic carbocycles. The quantitative estimate of drug-likeness (QED) is 0.856. The Hall–Kier alpha value is -1.83. The minimum Gasteiger partial charge on any atom is -0.368 e. The molecule has 0 amide bonds. The third kappa shape index (κ3) is 2.48. The van der Waals surface area contributed by atoms with Crippen LogP contribution >= 0.6 is 11.8 Å². The van der Waals surface area contributed by atoms with Crippen LogP contribution in [0.2, 0.25) is 0 Å². The molecule has 0 fully saturated rings. The highest BCUT2D eigenvalue weighted by molar-refractivity contribution is 7.99. The summed E-state index contributed by atoms with van der Waals surface area (Å²) in [6, 6.07) is 12.3. The summed E-state index contributed by atoms with van der Waals surface area (Å²) in [6.45, 7) is 0.586. The molecule has 1 atom stereocenters. The predicted molar refractivity (Wildman–Crippen MR) is 73.6 cm³/mol. The van der Waals surface area contributed by atoms with E-state index in [0.717, 1.165) is 21.8 Å². The molecule has 0 N–H and O–H groups in total. The summed E-state index contributed by atoms with van der Waals surface area (Å²) in [4.78, 5) is 5.14. The molecule has 1 aliphatic heterocycles. The van der Waals surface area contributed by atoms with Crippen LogP contribution in [0.25, 0.3) is 0 Å². The van der Waals surface area contributed by atoms with E-state index in [9.17, 15) is 0 Å². The smallest absolute Gasteiger partial charge is 0.102 e. The number of nitriles is 1. The average Bonchev–Trinajstić information content (AvgIpc) is 2.89. The molecule has 3 nitrogen and oxygen atoms in total. The van der Waals surface area contributed by atoms with E-state index in [1.165, 1.54) is 0 Å². The fourth-order valence-electron chi connectivity index (χ4n) is 2.09. The number of benzene rings is 1. The van der Waals surface area contributed by atoms with Crippen LogP contribution < -0.4 is 0 Å². The number of pyridine rings is 1. The number of nitrogens with zero attached hydrogens (tertiary/aromatic N) is 2. The Morgan fingerprint density at radius 3 is 2.95 bits per heavy atom. The molecule has 3 rings (SSSR count). The highest BCUT2D eigenvalue weighted by Crippen LogP contribution is 2.41. The van der Waals surface area contributed by atoms with Gasteiger partial charge in [-0.3, -0.25) is 4.98 Å². The van der Waals surface area contributed by atoms with Crippen molar-refractivity contribution < 1.29 is 4.74 Å². The van der Waals surface area contributed by atoms with Crippen LogP contribution in [-0.2, 0) is 11.3 Å². The highest BCUT2D eigenvalue weighted by Gasteiger charge is 2.26. The van der Waals surface area contributed by atoms with Crippen LogP contribution in [0.1, 0.15) is 22.8 Å². The maximum Gasteiger partial charge on any atom is 0.102 e. The Morgan fingerprint density at radius 2 is 2.16 bits per heavy atom. The first-order chi connectivity index (χ1) is 9.38. The molecular formula is C15H12N2OS. The maximum absolute atomic E-state index is 9.05. The normalized spacial score (nSPS) is 16.9. The number of hydrogen-bond acceptors (Lipinski definition) is 4. The van der Waals surface area contributed by atoms with Crippen molar-refractivity contribution in [3.05, 3.63) is 59.4 Å². The molecule has 0 spiro atoms. The maximum atomic E-state index is 9.05. The van der Waals surface area contributed by atoms with Gasteiger partial charge in [0.15, 0.2) is 0 Å². The van der Waals surface area contributed by atoms with Crippen molar-refractivity contribution in [1.82, 2.24) is 4.98 Å². The summed E-state index contributed by atoms with van der Waals surface area (Å²) in [7, 11) is 0. The predicted octanol–water partition coefficient (Wildman–Crippen LogP) is 3.32. The largest absolute Gasteiger partial charge is 0.368 e. The molecule has 94 valence electrons. The van der Waals surface area contributed by atoms with Crippen LogP contribution in [0.5, 0.6) is 0 Å². The summed E-state index contributed by atoms with van der Waals surface area (Å²) in [5.74, 6) is 0.850. The van der Waals surface area contributed by atoms with E-state index < -0.39 is 0 Å². The summed E-state index contributed by atoms with van der Waals surface area (Å²) >= 11 is 1.67. The third-order valence-corrected chi connectivity index (χ3v) is 4.28. The van der Waals surface area contributed by atoms with Gasteiger partial charge in [-0.05, 0) is 5.56 Å². The summed E-state index contributed by atoms with van der Waals surface area (Å²) in [5.41, 5.74) is 2.85. The molecule has 2 aromatic rings. The molecule has 0 saturated carbocycles. The van der Waals surface area contributed by atoms with Gasteiger partial charge >= 0.3 is 0 Å². The van der Waals surface area contributed by atoms with Gasteiger partial charge < -0.3 is 4.74 Å². The molecular weight excluding hydrogens is 256 g/mol. The van der Waals surface area contributed by atoms with Crippen LogP contribution in [0.4, 0.5) is 0 Å². The lowest BCUT2D eigenvalue weighted by atomic mass is 10.1. The fraction of sp³-hybridized carbons (Fsp3) is 0.200. The van der Waals surface area contributed by atoms with E-state index in [1.807, 2.05) is 36.5 Å². The molecule has 0 bridgehead atoms. The number of ether oxygens (including phenoxy) is 1. The van der Waals surface area contributed by atoms with Gasteiger partial charge in [0.25, 0.3) is 0 Å². The first-order valence-electron chi connectivity index (χ1n) is 6.05. The van der Waals surface area contributed by atoms with E-state index in [0.29, 0.717) is 12.2 Å². The lowest BCUT2D eigenvalue weighted by molar-refractivity contribution is 0.0563. The molecule has 2 heterocycles. The Balaban J connectivity index is 1.75. The Labute approximate surface area is 116 Å². The lowest BCUT2D eigenvalue weighted by Gasteiger charge is -2.12. The minimum absolute atomic E-state index is 0.0287. The number of fused-ring (bicyclic) bond motifs is 1. The van der Waals surface area contributed by atoms with Crippen LogP contribution in [0.3, 0.4) is 0 Å². The van der Waals surface area contributed by atoms with Crippen molar-refractivity contribution in [2.75, 3.05) is 5.75 Å². The first-order valence-corrected chi connectivity index (χ1v) is 7.03. The fourth-order valence-corrected chi connectivity index (χ4v) is 3.29. The van der Waals surface area contributed by atoms with Gasteiger partial charge in [0.1, 0.15) is 6.07 Å². The van der Waals surface area contributed by atoms with Crippen molar-refractivity contribution in [2.45, 2.75) is 17.6 Å². The van der Waals surface area contributed by atoms with Crippen LogP contribution in [-0.4, -0.2) is 10.7 Å². The summed E-state index contributed by atoms with van der Waals surface area (Å²) in [5, 5.41) is 9.05. The number of hydrogen-bond donors (Lipinski definition) is 0. The summed E-state index contributed by atoms with van der Waals surface area (Å²) in [6.07, 6.45) is 3.46. The highest BCUT2D eigenvalue weighted by atomic mass is 32.2. The Morgan fingerprint density at radius 1 is 1.32 bits per heavy atom. The zero-order chi connectivity index (χ0) is 13.1. The Bertz CT molecular complexity index is 622. The molecule has 0 radical (unpaired) electrons. The number of rotatable bonds is 3. The second-order valence-electron chi connectivity index (χ2n) is 4.31. The Kier molecular flexibility index (Phi) is 3.49. The molecule has 19 heavy (non-hydrogen) atoms. The molecule has 4 heteroatoms. The second-order valence-corrected chi connectivity index (χ2v) is 5.34. The average molecular weight is 268 g/mol.